The number of rotatable bonds is 4. The van der Waals surface area contributed by atoms with E-state index in [-0.39, 0.29) is 5.57 Å². The highest BCUT2D eigenvalue weighted by molar-refractivity contribution is 6.01. The Kier molecular flexibility index (Phi) is 6.63. The zero-order valence-corrected chi connectivity index (χ0v) is 10.9. The Morgan fingerprint density at radius 2 is 1.71 bits per heavy atom. The van der Waals surface area contributed by atoms with Crippen LogP contribution in [0.2, 0.25) is 0 Å². The van der Waals surface area contributed by atoms with Crippen LogP contribution < -0.4 is 0 Å². The van der Waals surface area contributed by atoms with E-state index in [1.807, 2.05) is 39.8 Å². The largest absolute Gasteiger partial charge is 0.314 e. The smallest absolute Gasteiger partial charge is 0.264 e. The normalized spacial score (nSPS) is 13.4. The summed E-state index contributed by atoms with van der Waals surface area (Å²) in [5.41, 5.74) is 3.17. The molecule has 92 valence electrons. The first-order valence-electron chi connectivity index (χ1n) is 5.32. The second-order valence-corrected chi connectivity index (χ2v) is 3.89. The van der Waals surface area contributed by atoms with Gasteiger partial charge in [-0.15, -0.1) is 4.91 Å². The molecule has 0 saturated heterocycles. The van der Waals surface area contributed by atoms with E-state index in [4.69, 9.17) is 0 Å². The molecule has 0 aliphatic rings. The predicted molar refractivity (Wildman–Crippen MR) is 70.9 cm³/mol. The number of carbonyl (C=O) groups excluding carboxylic acids is 1. The molecule has 0 fully saturated rings. The van der Waals surface area contributed by atoms with Crippen LogP contribution in [0.4, 0.5) is 0 Å². The number of nitrogens with zero attached hydrogens (tertiary/aromatic N) is 2. The van der Waals surface area contributed by atoms with Crippen molar-refractivity contribution in [3.8, 4) is 0 Å². The number of carbonyl (C=O) groups is 1. The molecule has 0 saturated carbocycles. The van der Waals surface area contributed by atoms with Crippen LogP contribution in [-0.4, -0.2) is 11.6 Å². The summed E-state index contributed by atoms with van der Waals surface area (Å²) >= 11 is 0. The van der Waals surface area contributed by atoms with E-state index < -0.39 is 5.91 Å². The highest BCUT2D eigenvalue weighted by Crippen LogP contribution is 2.06. The molecule has 4 heteroatoms. The van der Waals surface area contributed by atoms with Crippen molar-refractivity contribution >= 4 is 11.6 Å². The predicted octanol–water partition coefficient (Wildman–Crippen LogP) is 3.56. The third-order valence-electron chi connectivity index (χ3n) is 2.05. The molecule has 0 aromatic carbocycles. The Morgan fingerprint density at radius 3 is 2.12 bits per heavy atom. The lowest BCUT2D eigenvalue weighted by molar-refractivity contribution is -0.114. The number of aliphatic imine (C=N–C) groups is 1. The molecular formula is C13H18N2O2. The van der Waals surface area contributed by atoms with Crippen molar-refractivity contribution < 1.29 is 4.79 Å². The molecule has 0 aliphatic heterocycles. The molecule has 0 unspecified atom stereocenters. The first-order chi connectivity index (χ1) is 7.92. The summed E-state index contributed by atoms with van der Waals surface area (Å²) in [4.78, 5) is 25.1. The van der Waals surface area contributed by atoms with Crippen LogP contribution in [0.15, 0.2) is 45.2 Å². The van der Waals surface area contributed by atoms with Crippen LogP contribution in [0.5, 0.6) is 0 Å². The lowest BCUT2D eigenvalue weighted by atomic mass is 10.1. The lowest BCUT2D eigenvalue weighted by Crippen LogP contribution is -1.96. The Hall–Kier alpha value is -1.84. The molecular weight excluding hydrogens is 216 g/mol. The number of hydrogen-bond donors (Lipinski definition) is 0. The maximum atomic E-state index is 10.9. The Balaban J connectivity index is 5.05. The molecule has 0 atom stereocenters. The molecule has 0 rings (SSSR count). The minimum absolute atomic E-state index is 0.229. The van der Waals surface area contributed by atoms with E-state index in [0.717, 1.165) is 11.3 Å². The highest BCUT2D eigenvalue weighted by Gasteiger charge is 2.02. The van der Waals surface area contributed by atoms with Crippen LogP contribution in [0.25, 0.3) is 0 Å². The van der Waals surface area contributed by atoms with Gasteiger partial charge in [-0.05, 0) is 40.2 Å². The van der Waals surface area contributed by atoms with Gasteiger partial charge in [-0.3, -0.25) is 9.79 Å². The summed E-state index contributed by atoms with van der Waals surface area (Å²) in [6.45, 7) is 9.27. The van der Waals surface area contributed by atoms with E-state index >= 15 is 0 Å². The number of hydrogen-bond acceptors (Lipinski definition) is 3. The topological polar surface area (TPSA) is 58.9 Å². The maximum Gasteiger partial charge on any atom is 0.314 e. The number of nitroso groups, excluding NO2 is 1. The quantitative estimate of drug-likeness (QED) is 0.323. The molecule has 0 N–H and O–H groups in total. The Labute approximate surface area is 102 Å². The highest BCUT2D eigenvalue weighted by atomic mass is 16.3. The maximum absolute atomic E-state index is 10.9. The SMILES string of the molecule is C/C=C(C=C(C)C)/C(C)=N/C=C(\C)C(=O)N=O. The second kappa shape index (κ2) is 7.44. The van der Waals surface area contributed by atoms with E-state index in [9.17, 15) is 9.70 Å². The lowest BCUT2D eigenvalue weighted by Gasteiger charge is -2.00. The van der Waals surface area contributed by atoms with Crippen molar-refractivity contribution in [2.45, 2.75) is 34.6 Å². The van der Waals surface area contributed by atoms with E-state index in [1.165, 1.54) is 18.7 Å². The van der Waals surface area contributed by atoms with Gasteiger partial charge in [0.1, 0.15) is 0 Å². The van der Waals surface area contributed by atoms with Crippen LogP contribution in [0, 0.1) is 4.91 Å². The minimum Gasteiger partial charge on any atom is -0.264 e. The van der Waals surface area contributed by atoms with Gasteiger partial charge in [-0.25, -0.2) is 0 Å². The van der Waals surface area contributed by atoms with Crippen molar-refractivity contribution in [2.24, 2.45) is 10.2 Å². The summed E-state index contributed by atoms with van der Waals surface area (Å²) < 4.78 is 0. The van der Waals surface area contributed by atoms with Crippen molar-refractivity contribution in [3.05, 3.63) is 40.0 Å². The third kappa shape index (κ3) is 5.70. The zero-order valence-electron chi connectivity index (χ0n) is 10.9. The summed E-state index contributed by atoms with van der Waals surface area (Å²) in [5, 5.41) is 2.33. The Bertz CT molecular complexity index is 423. The number of amides is 1. The molecule has 0 radical (unpaired) electrons. The van der Waals surface area contributed by atoms with Gasteiger partial charge in [0, 0.05) is 22.7 Å². The summed E-state index contributed by atoms with van der Waals surface area (Å²) in [5.74, 6) is -0.786. The molecule has 0 bridgehead atoms. The van der Waals surface area contributed by atoms with Gasteiger partial charge < -0.3 is 0 Å². The fourth-order valence-electron chi connectivity index (χ4n) is 1.10. The molecule has 1 amide bonds. The average Bonchev–Trinajstić information content (AvgIpc) is 2.30. The number of allylic oxidation sites excluding steroid dienone is 4. The van der Waals surface area contributed by atoms with Gasteiger partial charge in [0.05, 0.1) is 0 Å². The average molecular weight is 234 g/mol. The standard InChI is InChI=1S/C13H18N2O2/c1-6-12(7-9(2)3)11(5)14-8-10(4)13(16)15-17/h6-8H,1-5H3/b10-8+,12-6+,14-11+. The van der Waals surface area contributed by atoms with Gasteiger partial charge in [-0.1, -0.05) is 17.7 Å². The van der Waals surface area contributed by atoms with E-state index in [2.05, 4.69) is 10.2 Å². The molecule has 17 heavy (non-hydrogen) atoms. The molecule has 4 nitrogen and oxygen atoms in total. The van der Waals surface area contributed by atoms with Gasteiger partial charge >= 0.3 is 5.91 Å². The van der Waals surface area contributed by atoms with Crippen LogP contribution in [-0.2, 0) is 4.79 Å². The van der Waals surface area contributed by atoms with Crippen LogP contribution in [0.3, 0.4) is 0 Å². The van der Waals surface area contributed by atoms with Crippen molar-refractivity contribution in [1.82, 2.24) is 0 Å². The van der Waals surface area contributed by atoms with Crippen molar-refractivity contribution in [1.29, 1.82) is 0 Å². The van der Waals surface area contributed by atoms with Gasteiger partial charge in [0.25, 0.3) is 0 Å². The van der Waals surface area contributed by atoms with Crippen LogP contribution in [0.1, 0.15) is 34.6 Å². The molecule has 0 aromatic heterocycles. The summed E-state index contributed by atoms with van der Waals surface area (Å²) in [7, 11) is 0. The monoisotopic (exact) mass is 234 g/mol. The zero-order chi connectivity index (χ0) is 13.4. The fraction of sp³-hybridized carbons (Fsp3) is 0.385. The van der Waals surface area contributed by atoms with Crippen molar-refractivity contribution in [3.63, 3.8) is 0 Å². The summed E-state index contributed by atoms with van der Waals surface area (Å²) in [6.07, 6.45) is 5.30. The first kappa shape index (κ1) is 15.2. The van der Waals surface area contributed by atoms with E-state index in [0.29, 0.717) is 0 Å². The van der Waals surface area contributed by atoms with Gasteiger partial charge in [0.2, 0.25) is 0 Å². The Morgan fingerprint density at radius 1 is 1.12 bits per heavy atom. The van der Waals surface area contributed by atoms with Gasteiger partial charge in [0.15, 0.2) is 0 Å². The summed E-state index contributed by atoms with van der Waals surface area (Å²) in [6, 6.07) is 0. The molecule has 0 spiro atoms. The minimum atomic E-state index is -0.786. The van der Waals surface area contributed by atoms with E-state index in [1.54, 1.807) is 0 Å². The van der Waals surface area contributed by atoms with Gasteiger partial charge in [-0.2, -0.15) is 0 Å². The molecule has 0 aliphatic carbocycles. The van der Waals surface area contributed by atoms with Crippen LogP contribution >= 0.6 is 0 Å². The van der Waals surface area contributed by atoms with Crippen molar-refractivity contribution in [2.75, 3.05) is 0 Å². The first-order valence-corrected chi connectivity index (χ1v) is 5.32. The molecule has 0 aromatic rings. The molecule has 0 heterocycles. The fourth-order valence-corrected chi connectivity index (χ4v) is 1.10. The third-order valence-corrected chi connectivity index (χ3v) is 2.05. The second-order valence-electron chi connectivity index (χ2n) is 3.89.